The SMILES string of the molecule is N[C@H](c1cn2nc(C[C@H]3C[C@@H](C(F)(F)F)CNC3=O)c(C3CCOCC3)nc2n1)C1CCCCCC1. The van der Waals surface area contributed by atoms with Crippen LogP contribution in [0.1, 0.15) is 86.8 Å². The average Bonchev–Trinajstić information content (AvgIpc) is 3.08. The first kappa shape index (κ1) is 25.4. The second-order valence-corrected chi connectivity index (χ2v) is 10.6. The molecule has 2 aromatic rings. The van der Waals surface area contributed by atoms with Crippen LogP contribution in [0.4, 0.5) is 13.2 Å². The molecule has 2 aromatic heterocycles. The number of amides is 1. The molecule has 4 heterocycles. The van der Waals surface area contributed by atoms with Gasteiger partial charge in [0.1, 0.15) is 0 Å². The van der Waals surface area contributed by atoms with E-state index in [1.807, 2.05) is 0 Å². The van der Waals surface area contributed by atoms with Crippen LogP contribution in [-0.4, -0.2) is 51.4 Å². The number of carbonyl (C=O) groups excluding carboxylic acids is 1. The van der Waals surface area contributed by atoms with Crippen molar-refractivity contribution in [2.45, 2.75) is 82.3 Å². The van der Waals surface area contributed by atoms with Crippen LogP contribution in [0, 0.1) is 17.8 Å². The van der Waals surface area contributed by atoms with E-state index in [-0.39, 0.29) is 37.3 Å². The second-order valence-electron chi connectivity index (χ2n) is 10.6. The molecule has 5 rings (SSSR count). The third-order valence-corrected chi connectivity index (χ3v) is 8.16. The van der Waals surface area contributed by atoms with Crippen molar-refractivity contribution in [3.63, 3.8) is 0 Å². The van der Waals surface area contributed by atoms with Crippen LogP contribution >= 0.6 is 0 Å². The van der Waals surface area contributed by atoms with Gasteiger partial charge < -0.3 is 15.8 Å². The van der Waals surface area contributed by atoms with Gasteiger partial charge in [0, 0.05) is 38.0 Å². The molecular weight excluding hydrogens is 473 g/mol. The molecule has 2 aliphatic heterocycles. The average molecular weight is 509 g/mol. The summed E-state index contributed by atoms with van der Waals surface area (Å²) in [4.78, 5) is 22.1. The monoisotopic (exact) mass is 508 g/mol. The van der Waals surface area contributed by atoms with Gasteiger partial charge in [0.25, 0.3) is 5.78 Å². The summed E-state index contributed by atoms with van der Waals surface area (Å²) in [7, 11) is 0. The second kappa shape index (κ2) is 10.6. The highest BCUT2D eigenvalue weighted by atomic mass is 19.4. The van der Waals surface area contributed by atoms with E-state index >= 15 is 0 Å². The molecule has 8 nitrogen and oxygen atoms in total. The van der Waals surface area contributed by atoms with Crippen molar-refractivity contribution < 1.29 is 22.7 Å². The van der Waals surface area contributed by atoms with Crippen molar-refractivity contribution >= 4 is 11.7 Å². The number of rotatable bonds is 5. The zero-order chi connectivity index (χ0) is 25.3. The van der Waals surface area contributed by atoms with Crippen molar-refractivity contribution in [1.29, 1.82) is 0 Å². The van der Waals surface area contributed by atoms with E-state index in [2.05, 4.69) is 5.32 Å². The van der Waals surface area contributed by atoms with Crippen LogP contribution in [-0.2, 0) is 16.0 Å². The molecule has 36 heavy (non-hydrogen) atoms. The van der Waals surface area contributed by atoms with Crippen LogP contribution in [0.5, 0.6) is 0 Å². The molecule has 1 aliphatic carbocycles. The lowest BCUT2D eigenvalue weighted by Crippen LogP contribution is -2.47. The van der Waals surface area contributed by atoms with Crippen molar-refractivity contribution in [3.05, 3.63) is 23.3 Å². The molecule has 0 radical (unpaired) electrons. The van der Waals surface area contributed by atoms with E-state index in [1.54, 1.807) is 10.7 Å². The first-order valence-corrected chi connectivity index (χ1v) is 13.2. The number of carbonyl (C=O) groups is 1. The fraction of sp³-hybridized carbons (Fsp3) is 0.760. The number of fused-ring (bicyclic) bond motifs is 1. The lowest BCUT2D eigenvalue weighted by atomic mass is 9.84. The number of ether oxygens (including phenoxy) is 1. The molecule has 0 unspecified atom stereocenters. The summed E-state index contributed by atoms with van der Waals surface area (Å²) in [5.74, 6) is -1.87. The van der Waals surface area contributed by atoms with E-state index in [0.717, 1.165) is 31.4 Å². The molecule has 198 valence electrons. The Hall–Kier alpha value is -2.27. The predicted octanol–water partition coefficient (Wildman–Crippen LogP) is 3.85. The van der Waals surface area contributed by atoms with E-state index in [1.165, 1.54) is 25.7 Å². The molecule has 11 heteroatoms. The molecule has 3 N–H and O–H groups in total. The lowest BCUT2D eigenvalue weighted by Gasteiger charge is -2.31. The molecule has 1 amide bonds. The van der Waals surface area contributed by atoms with Crippen LogP contribution in [0.15, 0.2) is 6.20 Å². The van der Waals surface area contributed by atoms with E-state index < -0.39 is 18.0 Å². The molecule has 1 saturated carbocycles. The number of piperidine rings is 1. The Morgan fingerprint density at radius 2 is 1.83 bits per heavy atom. The molecule has 3 aliphatic rings. The fourth-order valence-electron chi connectivity index (χ4n) is 5.96. The summed E-state index contributed by atoms with van der Waals surface area (Å²) in [5.41, 5.74) is 8.65. The summed E-state index contributed by atoms with van der Waals surface area (Å²) < 4.78 is 47.3. The van der Waals surface area contributed by atoms with Gasteiger partial charge in [-0.3, -0.25) is 4.79 Å². The minimum absolute atomic E-state index is 0.0620. The maximum Gasteiger partial charge on any atom is 0.393 e. The number of halogens is 3. The quantitative estimate of drug-likeness (QED) is 0.594. The zero-order valence-electron chi connectivity index (χ0n) is 20.5. The molecule has 0 spiro atoms. The minimum Gasteiger partial charge on any atom is -0.381 e. The van der Waals surface area contributed by atoms with Crippen LogP contribution in [0.3, 0.4) is 0 Å². The number of nitrogens with one attached hydrogen (secondary N) is 1. The van der Waals surface area contributed by atoms with Gasteiger partial charge in [-0.1, -0.05) is 25.7 Å². The third-order valence-electron chi connectivity index (χ3n) is 8.16. The summed E-state index contributed by atoms with van der Waals surface area (Å²) in [6, 6.07) is -0.210. The lowest BCUT2D eigenvalue weighted by molar-refractivity contribution is -0.183. The normalized spacial score (nSPS) is 26.1. The van der Waals surface area contributed by atoms with E-state index in [0.29, 0.717) is 36.3 Å². The van der Waals surface area contributed by atoms with Crippen molar-refractivity contribution in [2.75, 3.05) is 19.8 Å². The first-order valence-electron chi connectivity index (χ1n) is 13.2. The Morgan fingerprint density at radius 3 is 2.53 bits per heavy atom. The van der Waals surface area contributed by atoms with Gasteiger partial charge in [-0.15, -0.1) is 0 Å². The van der Waals surface area contributed by atoms with Gasteiger partial charge in [-0.25, -0.2) is 14.5 Å². The molecule has 3 atom stereocenters. The Bertz CT molecular complexity index is 1060. The summed E-state index contributed by atoms with van der Waals surface area (Å²) in [6.45, 7) is 0.798. The van der Waals surface area contributed by atoms with E-state index in [9.17, 15) is 18.0 Å². The Balaban J connectivity index is 1.46. The Kier molecular flexibility index (Phi) is 7.48. The molecule has 2 saturated heterocycles. The van der Waals surface area contributed by atoms with E-state index in [4.69, 9.17) is 25.5 Å². The number of nitrogens with zero attached hydrogens (tertiary/aromatic N) is 4. The number of aromatic nitrogens is 4. The summed E-state index contributed by atoms with van der Waals surface area (Å²) in [5, 5.41) is 7.21. The Labute approximate surface area is 208 Å². The van der Waals surface area contributed by atoms with Crippen molar-refractivity contribution in [2.24, 2.45) is 23.5 Å². The predicted molar refractivity (Wildman–Crippen MR) is 126 cm³/mol. The van der Waals surface area contributed by atoms with Gasteiger partial charge in [-0.05, 0) is 38.0 Å². The number of alkyl halides is 3. The topological polar surface area (TPSA) is 107 Å². The standard InChI is InChI=1S/C25H35F3N6O2/c26-25(27,28)18-11-17(23(35)30-13-18)12-19-22(16-7-9-36-10-8-16)32-24-31-20(14-34(24)33-19)21(29)15-5-3-1-2-4-6-15/h14-18,21H,1-13,29H2,(H,30,35)/t17-,18-,21+/m1/s1. The number of hydrogen-bond donors (Lipinski definition) is 2. The fourth-order valence-corrected chi connectivity index (χ4v) is 5.96. The van der Waals surface area contributed by atoms with Crippen LogP contribution in [0.25, 0.3) is 5.78 Å². The highest BCUT2D eigenvalue weighted by Gasteiger charge is 2.45. The Morgan fingerprint density at radius 1 is 1.11 bits per heavy atom. The van der Waals surface area contributed by atoms with Crippen LogP contribution in [0.2, 0.25) is 0 Å². The number of imidazole rings is 1. The first-order chi connectivity index (χ1) is 17.3. The smallest absolute Gasteiger partial charge is 0.381 e. The summed E-state index contributed by atoms with van der Waals surface area (Å²) >= 11 is 0. The van der Waals surface area contributed by atoms with Crippen molar-refractivity contribution in [3.8, 4) is 0 Å². The zero-order valence-corrected chi connectivity index (χ0v) is 20.5. The maximum absolute atomic E-state index is 13.4. The van der Waals surface area contributed by atoms with Gasteiger partial charge in [0.2, 0.25) is 5.91 Å². The molecule has 0 aromatic carbocycles. The highest BCUT2D eigenvalue weighted by molar-refractivity contribution is 5.79. The molecule has 0 bridgehead atoms. The maximum atomic E-state index is 13.4. The summed E-state index contributed by atoms with van der Waals surface area (Å²) in [6.07, 6.45) is 5.76. The van der Waals surface area contributed by atoms with Gasteiger partial charge in [0.05, 0.1) is 35.2 Å². The van der Waals surface area contributed by atoms with Crippen LogP contribution < -0.4 is 11.1 Å². The molecular formula is C25H35F3N6O2. The highest BCUT2D eigenvalue weighted by Crippen LogP contribution is 2.36. The third kappa shape index (κ3) is 5.51. The minimum atomic E-state index is -4.35. The van der Waals surface area contributed by atoms with Gasteiger partial charge in [-0.2, -0.15) is 18.3 Å². The van der Waals surface area contributed by atoms with Crippen molar-refractivity contribution in [1.82, 2.24) is 24.9 Å². The largest absolute Gasteiger partial charge is 0.393 e. The number of hydrogen-bond acceptors (Lipinski definition) is 6. The van der Waals surface area contributed by atoms with Gasteiger partial charge >= 0.3 is 6.18 Å². The van der Waals surface area contributed by atoms with Gasteiger partial charge in [0.15, 0.2) is 0 Å². The number of nitrogens with two attached hydrogens (primary N) is 1. The molecule has 3 fully saturated rings.